The monoisotopic (exact) mass is 222 g/mol. The summed E-state index contributed by atoms with van der Waals surface area (Å²) in [6, 6.07) is 1.25. The molecule has 92 valence electrons. The van der Waals surface area contributed by atoms with E-state index in [0.29, 0.717) is 0 Å². The fraction of sp³-hybridized carbons (Fsp3) is 0.929. The Morgan fingerprint density at radius 2 is 1.00 bits per heavy atom. The van der Waals surface area contributed by atoms with Gasteiger partial charge in [0, 0.05) is 0 Å². The summed E-state index contributed by atoms with van der Waals surface area (Å²) in [5.74, 6) is 2.24. The maximum Gasteiger partial charge on any atom is 0.0831 e. The highest BCUT2D eigenvalue weighted by Crippen LogP contribution is 2.34. The zero-order chi connectivity index (χ0) is 11.6. The zero-order valence-corrected chi connectivity index (χ0v) is 10.4. The van der Waals surface area contributed by atoms with Crippen LogP contribution in [0.25, 0.3) is 0 Å². The Balaban J connectivity index is 0.000000386. The molecule has 0 aromatic rings. The minimum absolute atomic E-state index is 1.12. The summed E-state index contributed by atoms with van der Waals surface area (Å²) < 4.78 is 0. The standard InChI is InChI=1S/C13H24.CH2N2/c1-3-7-12(8-4-1)11-13-9-5-2-6-10-13;2-1-3/h12-13H,1-11H2;2-3H. The summed E-state index contributed by atoms with van der Waals surface area (Å²) >= 11 is 0. The van der Waals surface area contributed by atoms with Crippen molar-refractivity contribution < 1.29 is 0 Å². The van der Waals surface area contributed by atoms with Crippen LogP contribution in [0.2, 0.25) is 0 Å². The Hall–Kier alpha value is -0.620. The van der Waals surface area contributed by atoms with E-state index in [1.54, 1.807) is 32.1 Å². The van der Waals surface area contributed by atoms with Gasteiger partial charge in [-0.2, -0.15) is 0 Å². The van der Waals surface area contributed by atoms with Crippen LogP contribution in [0.15, 0.2) is 0 Å². The van der Waals surface area contributed by atoms with Crippen LogP contribution in [0.5, 0.6) is 0 Å². The highest BCUT2D eigenvalue weighted by molar-refractivity contribution is 5.29. The van der Waals surface area contributed by atoms with Crippen LogP contribution in [-0.4, -0.2) is 6.01 Å². The molecule has 0 saturated heterocycles. The third-order valence-electron chi connectivity index (χ3n) is 4.12. The summed E-state index contributed by atoms with van der Waals surface area (Å²) in [6.07, 6.45) is 16.9. The minimum Gasteiger partial charge on any atom is -0.242 e. The van der Waals surface area contributed by atoms with Gasteiger partial charge in [0.15, 0.2) is 0 Å². The van der Waals surface area contributed by atoms with Gasteiger partial charge in [-0.1, -0.05) is 64.2 Å². The molecule has 2 aliphatic carbocycles. The molecule has 0 aromatic heterocycles. The van der Waals surface area contributed by atoms with Crippen LogP contribution in [-0.2, 0) is 0 Å². The Morgan fingerprint density at radius 3 is 1.31 bits per heavy atom. The largest absolute Gasteiger partial charge is 0.242 e. The third-order valence-corrected chi connectivity index (χ3v) is 4.12. The lowest BCUT2D eigenvalue weighted by Gasteiger charge is -2.28. The molecule has 0 amide bonds. The summed E-state index contributed by atoms with van der Waals surface area (Å²) in [6.45, 7) is 0. The van der Waals surface area contributed by atoms with E-state index in [4.69, 9.17) is 10.8 Å². The van der Waals surface area contributed by atoms with Crippen molar-refractivity contribution in [3.63, 3.8) is 0 Å². The second kappa shape index (κ2) is 8.52. The topological polar surface area (TPSA) is 47.7 Å². The van der Waals surface area contributed by atoms with E-state index in [-0.39, 0.29) is 0 Å². The molecule has 0 radical (unpaired) electrons. The van der Waals surface area contributed by atoms with E-state index in [9.17, 15) is 0 Å². The van der Waals surface area contributed by atoms with Gasteiger partial charge >= 0.3 is 0 Å². The molecule has 0 unspecified atom stereocenters. The SMILES string of the molecule is C1CCC(CC2CCCCC2)CC1.N=C=N. The Labute approximate surface area is 99.8 Å². The number of hydrogen-bond acceptors (Lipinski definition) is 2. The van der Waals surface area contributed by atoms with Crippen molar-refractivity contribution in [2.75, 3.05) is 0 Å². The first-order chi connectivity index (χ1) is 7.86. The van der Waals surface area contributed by atoms with Gasteiger partial charge in [-0.15, -0.1) is 0 Å². The van der Waals surface area contributed by atoms with Crippen molar-refractivity contribution in [3.05, 3.63) is 0 Å². The van der Waals surface area contributed by atoms with Gasteiger partial charge in [-0.05, 0) is 18.3 Å². The van der Waals surface area contributed by atoms with Crippen molar-refractivity contribution in [2.45, 2.75) is 70.6 Å². The lowest BCUT2D eigenvalue weighted by atomic mass is 9.78. The maximum absolute atomic E-state index is 5.62. The molecular formula is C14H26N2. The Bertz CT molecular complexity index is 179. The van der Waals surface area contributed by atoms with Crippen molar-refractivity contribution in [1.29, 1.82) is 10.8 Å². The van der Waals surface area contributed by atoms with Crippen molar-refractivity contribution in [3.8, 4) is 0 Å². The Morgan fingerprint density at radius 1 is 0.688 bits per heavy atom. The van der Waals surface area contributed by atoms with E-state index in [1.807, 2.05) is 0 Å². The average molecular weight is 222 g/mol. The quantitative estimate of drug-likeness (QED) is 0.627. The van der Waals surface area contributed by atoms with Crippen LogP contribution in [0, 0.1) is 22.7 Å². The molecule has 2 rings (SSSR count). The number of rotatable bonds is 2. The van der Waals surface area contributed by atoms with Crippen LogP contribution >= 0.6 is 0 Å². The third kappa shape index (κ3) is 5.46. The van der Waals surface area contributed by atoms with Gasteiger partial charge in [-0.25, -0.2) is 10.8 Å². The second-order valence-corrected chi connectivity index (χ2v) is 5.37. The molecule has 0 bridgehead atoms. The summed E-state index contributed by atoms with van der Waals surface area (Å²) in [5, 5.41) is 11.2. The van der Waals surface area contributed by atoms with Gasteiger partial charge in [0.2, 0.25) is 0 Å². The van der Waals surface area contributed by atoms with Crippen molar-refractivity contribution in [1.82, 2.24) is 0 Å². The van der Waals surface area contributed by atoms with Crippen molar-refractivity contribution >= 4 is 6.01 Å². The molecule has 2 heteroatoms. The predicted molar refractivity (Wildman–Crippen MR) is 68.2 cm³/mol. The number of hydrogen-bond donors (Lipinski definition) is 2. The zero-order valence-electron chi connectivity index (χ0n) is 10.4. The molecule has 2 saturated carbocycles. The molecule has 0 atom stereocenters. The second-order valence-electron chi connectivity index (χ2n) is 5.37. The van der Waals surface area contributed by atoms with Gasteiger partial charge in [-0.3, -0.25) is 0 Å². The molecule has 2 fully saturated rings. The first-order valence-electron chi connectivity index (χ1n) is 6.95. The van der Waals surface area contributed by atoms with E-state index in [2.05, 4.69) is 0 Å². The normalized spacial score (nSPS) is 23.0. The molecule has 0 aliphatic heterocycles. The summed E-state index contributed by atoms with van der Waals surface area (Å²) in [4.78, 5) is 0. The van der Waals surface area contributed by atoms with Gasteiger partial charge < -0.3 is 0 Å². The fourth-order valence-electron chi connectivity index (χ4n) is 3.32. The highest BCUT2D eigenvalue weighted by atomic mass is 14.4. The van der Waals surface area contributed by atoms with Crippen LogP contribution in [0.1, 0.15) is 70.6 Å². The van der Waals surface area contributed by atoms with Crippen LogP contribution in [0.3, 0.4) is 0 Å². The molecule has 2 N–H and O–H groups in total. The molecule has 2 aliphatic rings. The highest BCUT2D eigenvalue weighted by Gasteiger charge is 2.20. The van der Waals surface area contributed by atoms with Crippen LogP contribution in [0.4, 0.5) is 0 Å². The molecule has 0 spiro atoms. The predicted octanol–water partition coefficient (Wildman–Crippen LogP) is 4.85. The van der Waals surface area contributed by atoms with E-state index in [0.717, 1.165) is 11.8 Å². The maximum atomic E-state index is 5.62. The molecular weight excluding hydrogens is 196 g/mol. The molecule has 16 heavy (non-hydrogen) atoms. The number of nitrogens with one attached hydrogen (secondary N) is 2. The average Bonchev–Trinajstić information content (AvgIpc) is 2.33. The van der Waals surface area contributed by atoms with Gasteiger partial charge in [0.1, 0.15) is 0 Å². The summed E-state index contributed by atoms with van der Waals surface area (Å²) in [7, 11) is 0. The van der Waals surface area contributed by atoms with E-state index in [1.165, 1.54) is 44.5 Å². The smallest absolute Gasteiger partial charge is 0.0831 e. The van der Waals surface area contributed by atoms with Crippen LogP contribution < -0.4 is 0 Å². The Kier molecular flexibility index (Phi) is 7.16. The fourth-order valence-corrected chi connectivity index (χ4v) is 3.32. The first-order valence-corrected chi connectivity index (χ1v) is 6.95. The molecule has 0 aromatic carbocycles. The summed E-state index contributed by atoms with van der Waals surface area (Å²) in [5.41, 5.74) is 0. The lowest BCUT2D eigenvalue weighted by molar-refractivity contribution is 0.244. The van der Waals surface area contributed by atoms with E-state index >= 15 is 0 Å². The van der Waals surface area contributed by atoms with E-state index < -0.39 is 0 Å². The molecule has 0 heterocycles. The van der Waals surface area contributed by atoms with Crippen molar-refractivity contribution in [2.24, 2.45) is 11.8 Å². The lowest BCUT2D eigenvalue weighted by Crippen LogP contribution is -2.14. The van der Waals surface area contributed by atoms with Gasteiger partial charge in [0.25, 0.3) is 0 Å². The first kappa shape index (κ1) is 13.4. The molecule has 2 nitrogen and oxygen atoms in total. The van der Waals surface area contributed by atoms with Gasteiger partial charge in [0.05, 0.1) is 6.01 Å². The minimum atomic E-state index is 1.12.